The Labute approximate surface area is 311 Å². The first-order valence-electron chi connectivity index (χ1n) is 18.6. The van der Waals surface area contributed by atoms with Gasteiger partial charge < -0.3 is 30.1 Å². The van der Waals surface area contributed by atoms with Crippen molar-refractivity contribution in [2.24, 2.45) is 5.73 Å². The zero-order valence-electron chi connectivity index (χ0n) is 30.4. The summed E-state index contributed by atoms with van der Waals surface area (Å²) < 4.78 is 48.6. The average Bonchev–Trinajstić information content (AvgIpc) is 3.83. The number of fused-ring (bicyclic) bond motifs is 3. The summed E-state index contributed by atoms with van der Waals surface area (Å²) in [6.45, 7) is 6.42. The van der Waals surface area contributed by atoms with Crippen LogP contribution in [0.1, 0.15) is 74.1 Å². The molecule has 0 radical (unpaired) electrons. The van der Waals surface area contributed by atoms with Crippen molar-refractivity contribution in [3.8, 4) is 35.4 Å². The van der Waals surface area contributed by atoms with Crippen molar-refractivity contribution in [2.45, 2.75) is 76.8 Å². The van der Waals surface area contributed by atoms with Crippen LogP contribution in [0.25, 0.3) is 32.9 Å². The number of pyridine rings is 1. The van der Waals surface area contributed by atoms with Crippen molar-refractivity contribution in [1.29, 1.82) is 0 Å². The number of ether oxygens (including phenoxy) is 1. The molecule has 5 N–H and O–H groups in total. The number of anilines is 1. The van der Waals surface area contributed by atoms with Crippen molar-refractivity contribution in [3.63, 3.8) is 0 Å². The number of phenolic OH excluding ortho intramolecular Hbond substituents is 1. The van der Waals surface area contributed by atoms with E-state index in [1.807, 2.05) is 0 Å². The van der Waals surface area contributed by atoms with Gasteiger partial charge in [0.1, 0.15) is 41.0 Å². The van der Waals surface area contributed by atoms with Crippen LogP contribution in [-0.2, 0) is 13.0 Å². The topological polar surface area (TPSA) is 170 Å². The second-order valence-electron chi connectivity index (χ2n) is 14.4. The molecule has 54 heavy (non-hydrogen) atoms. The van der Waals surface area contributed by atoms with E-state index in [2.05, 4.69) is 25.7 Å². The Morgan fingerprint density at radius 3 is 2.52 bits per heavy atom. The molecule has 0 amide bonds. The maximum Gasteiger partial charge on any atom is 0.519 e. The lowest BCUT2D eigenvalue weighted by atomic mass is 9.95. The second kappa shape index (κ2) is 15.7. The van der Waals surface area contributed by atoms with Gasteiger partial charge in [0.15, 0.2) is 11.6 Å². The Kier molecular flexibility index (Phi) is 10.8. The molecule has 14 heteroatoms. The van der Waals surface area contributed by atoms with Gasteiger partial charge in [0.25, 0.3) is 0 Å². The highest BCUT2D eigenvalue weighted by Gasteiger charge is 2.45. The maximum atomic E-state index is 17.0. The number of benzene rings is 2. The molecule has 12 nitrogen and oxygen atoms in total. The fourth-order valence-corrected chi connectivity index (χ4v) is 8.19. The smallest absolute Gasteiger partial charge is 0.508 e. The molecule has 0 unspecified atom stereocenters. The predicted molar refractivity (Wildman–Crippen MR) is 201 cm³/mol. The van der Waals surface area contributed by atoms with Gasteiger partial charge in [-0.25, -0.2) is 18.6 Å². The van der Waals surface area contributed by atoms with Gasteiger partial charge in [0.05, 0.1) is 28.7 Å². The van der Waals surface area contributed by atoms with E-state index < -0.39 is 17.5 Å². The number of aromatic hydroxyl groups is 1. The molecule has 5 aromatic rings. The van der Waals surface area contributed by atoms with E-state index >= 15 is 8.78 Å². The number of terminal acetylenes is 1. The third-order valence-corrected chi connectivity index (χ3v) is 10.9. The maximum absolute atomic E-state index is 17.0. The Bertz CT molecular complexity index is 2270. The lowest BCUT2D eigenvalue weighted by molar-refractivity contribution is 0.108. The number of nitrogens with two attached hydrogens (primary N) is 2. The van der Waals surface area contributed by atoms with Crippen molar-refractivity contribution < 1.29 is 27.5 Å². The Morgan fingerprint density at radius 2 is 1.81 bits per heavy atom. The fraction of sp³-hybridized carbons (Fsp3) is 0.450. The molecule has 0 spiro atoms. The zero-order valence-corrected chi connectivity index (χ0v) is 30.4. The van der Waals surface area contributed by atoms with Gasteiger partial charge >= 0.3 is 11.8 Å². The largest absolute Gasteiger partial charge is 0.519 e. The first-order valence-corrected chi connectivity index (χ1v) is 18.6. The molecule has 3 aromatic heterocycles. The molecular formula is C40H45F2N7O5. The summed E-state index contributed by atoms with van der Waals surface area (Å²) in [5, 5.41) is 11.7. The van der Waals surface area contributed by atoms with E-state index in [0.29, 0.717) is 68.1 Å². The second-order valence-corrected chi connectivity index (χ2v) is 14.4. The van der Waals surface area contributed by atoms with Crippen LogP contribution in [0.5, 0.6) is 11.8 Å². The Hall–Kier alpha value is -5.10. The number of unbranched alkanes of at least 4 members (excludes halogenated alkanes) is 2. The van der Waals surface area contributed by atoms with Gasteiger partial charge in [-0.05, 0) is 121 Å². The van der Waals surface area contributed by atoms with Crippen LogP contribution in [0.4, 0.5) is 14.6 Å². The minimum atomic E-state index is -0.823. The van der Waals surface area contributed by atoms with Crippen LogP contribution in [0.15, 0.2) is 37.9 Å². The highest BCUT2D eigenvalue weighted by molar-refractivity contribution is 6.03. The standard InChI is InChI=1S/C40H45F2N7O5/c1-3-27-29(41)12-11-25-20-26(50)21-28(32(25)27)35-34(42)36-33(37(44)47-38(46-36)52-23-40-13-8-18-49(40)19-9-14-40)30(45-35)10-4-6-16-48(17-7-5-15-43)22-31-24(2)53-39(51)54-31/h1,11-12,20-21,50H,4-10,13-19,22-23,43H2,2H3,(H2,44,46,47). The van der Waals surface area contributed by atoms with E-state index in [0.717, 1.165) is 58.2 Å². The van der Waals surface area contributed by atoms with Crippen LogP contribution in [-0.4, -0.2) is 74.7 Å². The fourth-order valence-electron chi connectivity index (χ4n) is 8.19. The number of nitrogens with zero attached hydrogens (tertiary/aromatic N) is 5. The molecule has 2 saturated heterocycles. The molecule has 2 aromatic carbocycles. The van der Waals surface area contributed by atoms with Crippen molar-refractivity contribution in [1.82, 2.24) is 24.8 Å². The highest BCUT2D eigenvalue weighted by Crippen LogP contribution is 2.41. The molecule has 0 saturated carbocycles. The normalized spacial score (nSPS) is 15.4. The summed E-state index contributed by atoms with van der Waals surface area (Å²) in [5.74, 6) is 0.943. The van der Waals surface area contributed by atoms with E-state index in [1.165, 1.54) is 24.3 Å². The molecule has 0 bridgehead atoms. The van der Waals surface area contributed by atoms with Crippen LogP contribution < -0.4 is 22.0 Å². The third kappa shape index (κ3) is 7.36. The number of aromatic nitrogens is 3. The lowest BCUT2D eigenvalue weighted by Gasteiger charge is -2.31. The predicted octanol–water partition coefficient (Wildman–Crippen LogP) is 5.82. The first kappa shape index (κ1) is 37.2. The van der Waals surface area contributed by atoms with Gasteiger partial charge in [-0.15, -0.1) is 6.42 Å². The molecule has 2 aliphatic heterocycles. The highest BCUT2D eigenvalue weighted by atomic mass is 19.1. The van der Waals surface area contributed by atoms with Gasteiger partial charge in [0, 0.05) is 10.9 Å². The number of aryl methyl sites for hydroxylation is 2. The number of halogens is 2. The quantitative estimate of drug-likeness (QED) is 0.0870. The van der Waals surface area contributed by atoms with Gasteiger partial charge in [-0.2, -0.15) is 9.97 Å². The average molecular weight is 742 g/mol. The number of hydrogen-bond donors (Lipinski definition) is 3. The van der Waals surface area contributed by atoms with Gasteiger partial charge in [-0.3, -0.25) is 9.80 Å². The number of rotatable bonds is 15. The van der Waals surface area contributed by atoms with Gasteiger partial charge in [0.2, 0.25) is 0 Å². The van der Waals surface area contributed by atoms with Gasteiger partial charge in [-0.1, -0.05) is 12.0 Å². The minimum Gasteiger partial charge on any atom is -0.508 e. The summed E-state index contributed by atoms with van der Waals surface area (Å²) in [4.78, 5) is 30.2. The van der Waals surface area contributed by atoms with E-state index in [-0.39, 0.29) is 56.2 Å². The molecule has 0 aliphatic carbocycles. The molecular weight excluding hydrogens is 696 g/mol. The molecule has 2 aliphatic rings. The van der Waals surface area contributed by atoms with Crippen LogP contribution in [0.3, 0.4) is 0 Å². The van der Waals surface area contributed by atoms with Crippen LogP contribution >= 0.6 is 0 Å². The number of nitrogen functional groups attached to an aromatic ring is 1. The summed E-state index contributed by atoms with van der Waals surface area (Å²) in [6, 6.07) is 5.42. The summed E-state index contributed by atoms with van der Waals surface area (Å²) in [6.07, 6.45) is 13.3. The lowest BCUT2D eigenvalue weighted by Crippen LogP contribution is -2.43. The summed E-state index contributed by atoms with van der Waals surface area (Å²) >= 11 is 0. The number of phenols is 1. The summed E-state index contributed by atoms with van der Waals surface area (Å²) in [5.41, 5.74) is 12.4. The monoisotopic (exact) mass is 741 g/mol. The third-order valence-electron chi connectivity index (χ3n) is 10.9. The van der Waals surface area contributed by atoms with E-state index in [1.54, 1.807) is 6.92 Å². The number of hydrogen-bond acceptors (Lipinski definition) is 12. The zero-order chi connectivity index (χ0) is 38.0. The van der Waals surface area contributed by atoms with Crippen molar-refractivity contribution >= 4 is 27.5 Å². The molecule has 0 atom stereocenters. The van der Waals surface area contributed by atoms with Crippen molar-refractivity contribution in [3.05, 3.63) is 69.3 Å². The van der Waals surface area contributed by atoms with Crippen molar-refractivity contribution in [2.75, 3.05) is 45.1 Å². The van der Waals surface area contributed by atoms with Crippen LogP contribution in [0.2, 0.25) is 0 Å². The SMILES string of the molecule is C#Cc1c(F)ccc2cc(O)cc(-c3nc(CCCCN(CCCCN)Cc4oc(=O)oc4C)c4c(N)nc(OCC56CCCN5CCC6)nc4c3F)c12. The Balaban J connectivity index is 1.24. The molecule has 5 heterocycles. The van der Waals surface area contributed by atoms with E-state index in [9.17, 15) is 9.90 Å². The van der Waals surface area contributed by atoms with Crippen LogP contribution in [0, 0.1) is 30.9 Å². The minimum absolute atomic E-state index is 0.0279. The Morgan fingerprint density at radius 1 is 1.06 bits per heavy atom. The first-order chi connectivity index (χ1) is 26.1. The molecule has 284 valence electrons. The molecule has 2 fully saturated rings. The molecule has 7 rings (SSSR count). The van der Waals surface area contributed by atoms with E-state index in [4.69, 9.17) is 36.4 Å². The summed E-state index contributed by atoms with van der Waals surface area (Å²) in [7, 11) is 0.